The Labute approximate surface area is 189 Å². The van der Waals surface area contributed by atoms with E-state index >= 15 is 0 Å². The van der Waals surface area contributed by atoms with E-state index in [4.69, 9.17) is 0 Å². The first-order valence-electron chi connectivity index (χ1n) is 11.5. The highest BCUT2D eigenvalue weighted by Gasteiger charge is 2.23. The van der Waals surface area contributed by atoms with Gasteiger partial charge in [0.2, 0.25) is 0 Å². The van der Waals surface area contributed by atoms with Crippen LogP contribution in [0, 0.1) is 6.92 Å². The predicted octanol–water partition coefficient (Wildman–Crippen LogP) is 5.13. The van der Waals surface area contributed by atoms with Crippen LogP contribution in [0.2, 0.25) is 0 Å². The van der Waals surface area contributed by atoms with Gasteiger partial charge in [0.05, 0.1) is 5.56 Å². The van der Waals surface area contributed by atoms with Crippen molar-refractivity contribution in [3.8, 4) is 11.1 Å². The Morgan fingerprint density at radius 3 is 2.78 bits per heavy atom. The van der Waals surface area contributed by atoms with Crippen molar-refractivity contribution in [1.29, 1.82) is 0 Å². The molecule has 0 unspecified atom stereocenters. The average Bonchev–Trinajstić information content (AvgIpc) is 3.48. The number of benzene rings is 2. The molecule has 0 spiro atoms. The molecule has 3 heterocycles. The smallest absolute Gasteiger partial charge is 0.336 e. The SMILES string of the molecule is Cc1cc(N2CCCC2)ccc1-c1ccc2c(c1)CN[C@@H]2CCc1cnccc1C(=O)O. The number of carbonyl (C=O) groups is 1. The van der Waals surface area contributed by atoms with E-state index in [9.17, 15) is 9.90 Å². The normalized spacial score (nSPS) is 17.5. The van der Waals surface area contributed by atoms with E-state index in [0.717, 1.165) is 31.6 Å². The van der Waals surface area contributed by atoms with Crippen LogP contribution in [0.3, 0.4) is 0 Å². The van der Waals surface area contributed by atoms with Crippen molar-refractivity contribution in [2.45, 2.75) is 45.2 Å². The molecule has 0 radical (unpaired) electrons. The number of pyridine rings is 1. The Morgan fingerprint density at radius 2 is 2.00 bits per heavy atom. The molecule has 5 nitrogen and oxygen atoms in total. The van der Waals surface area contributed by atoms with E-state index in [1.807, 2.05) is 0 Å². The molecule has 0 bridgehead atoms. The van der Waals surface area contributed by atoms with Gasteiger partial charge in [0.1, 0.15) is 0 Å². The summed E-state index contributed by atoms with van der Waals surface area (Å²) in [5.41, 5.74) is 9.00. The summed E-state index contributed by atoms with van der Waals surface area (Å²) in [6, 6.07) is 15.4. The number of anilines is 1. The number of carboxylic acid groups (broad SMARTS) is 1. The molecule has 0 aliphatic carbocycles. The summed E-state index contributed by atoms with van der Waals surface area (Å²) in [6.07, 6.45) is 7.33. The van der Waals surface area contributed by atoms with Crippen molar-refractivity contribution >= 4 is 11.7 Å². The first-order valence-corrected chi connectivity index (χ1v) is 11.5. The Balaban J connectivity index is 1.32. The largest absolute Gasteiger partial charge is 0.478 e. The van der Waals surface area contributed by atoms with Gasteiger partial charge in [-0.05, 0) is 90.3 Å². The molecule has 2 aliphatic rings. The summed E-state index contributed by atoms with van der Waals surface area (Å²) in [6.45, 7) is 5.38. The number of nitrogens with one attached hydrogen (secondary N) is 1. The summed E-state index contributed by atoms with van der Waals surface area (Å²) < 4.78 is 0. The first-order chi connectivity index (χ1) is 15.6. The molecule has 1 atom stereocenters. The highest BCUT2D eigenvalue weighted by molar-refractivity contribution is 5.89. The molecule has 2 N–H and O–H groups in total. The summed E-state index contributed by atoms with van der Waals surface area (Å²) in [5.74, 6) is -0.891. The van der Waals surface area contributed by atoms with E-state index in [0.29, 0.717) is 12.0 Å². The van der Waals surface area contributed by atoms with Crippen LogP contribution in [0.5, 0.6) is 0 Å². The standard InChI is InChI=1S/C27H29N3O2/c1-18-14-22(30-12-2-3-13-30)6-8-23(18)19-4-7-24-21(15-19)17-29-26(24)9-5-20-16-28-11-10-25(20)27(31)32/h4,6-8,10-11,14-16,26,29H,2-3,5,9,12-13,17H2,1H3,(H,31,32)/t26-/m1/s1. The van der Waals surface area contributed by atoms with Gasteiger partial charge in [0, 0.05) is 43.8 Å². The lowest BCUT2D eigenvalue weighted by Crippen LogP contribution is -2.17. The maximum atomic E-state index is 11.5. The highest BCUT2D eigenvalue weighted by Crippen LogP contribution is 2.35. The fraction of sp³-hybridized carbons (Fsp3) is 0.333. The van der Waals surface area contributed by atoms with Gasteiger partial charge in [-0.3, -0.25) is 4.98 Å². The molecule has 164 valence electrons. The molecule has 32 heavy (non-hydrogen) atoms. The van der Waals surface area contributed by atoms with Crippen LogP contribution in [-0.4, -0.2) is 29.1 Å². The zero-order chi connectivity index (χ0) is 22.1. The molecule has 0 saturated carbocycles. The molecular weight excluding hydrogens is 398 g/mol. The average molecular weight is 428 g/mol. The summed E-state index contributed by atoms with van der Waals surface area (Å²) in [7, 11) is 0. The fourth-order valence-corrected chi connectivity index (χ4v) is 5.15. The second-order valence-electron chi connectivity index (χ2n) is 8.92. The van der Waals surface area contributed by atoms with E-state index in [-0.39, 0.29) is 6.04 Å². The third kappa shape index (κ3) is 4.00. The second kappa shape index (κ2) is 8.75. The van der Waals surface area contributed by atoms with Gasteiger partial charge in [0.25, 0.3) is 0 Å². The number of nitrogens with zero attached hydrogens (tertiary/aromatic N) is 2. The van der Waals surface area contributed by atoms with E-state index < -0.39 is 5.97 Å². The van der Waals surface area contributed by atoms with Gasteiger partial charge in [0.15, 0.2) is 0 Å². The molecule has 5 heteroatoms. The third-order valence-corrected chi connectivity index (χ3v) is 6.89. The van der Waals surface area contributed by atoms with Crippen LogP contribution in [0.1, 0.15) is 57.9 Å². The Morgan fingerprint density at radius 1 is 1.16 bits per heavy atom. The van der Waals surface area contributed by atoms with Gasteiger partial charge < -0.3 is 15.3 Å². The van der Waals surface area contributed by atoms with Crippen molar-refractivity contribution in [2.75, 3.05) is 18.0 Å². The minimum Gasteiger partial charge on any atom is -0.478 e. The van der Waals surface area contributed by atoms with E-state index in [1.54, 1.807) is 12.3 Å². The number of aromatic carboxylic acids is 1. The zero-order valence-electron chi connectivity index (χ0n) is 18.5. The van der Waals surface area contributed by atoms with Crippen LogP contribution in [-0.2, 0) is 13.0 Å². The summed E-state index contributed by atoms with van der Waals surface area (Å²) in [4.78, 5) is 18.1. The molecule has 3 aromatic rings. The van der Waals surface area contributed by atoms with Crippen LogP contribution >= 0.6 is 0 Å². The number of aryl methyl sites for hydroxylation is 2. The third-order valence-electron chi connectivity index (χ3n) is 6.89. The van der Waals surface area contributed by atoms with Crippen molar-refractivity contribution in [3.63, 3.8) is 0 Å². The number of carboxylic acids is 1. The van der Waals surface area contributed by atoms with Crippen LogP contribution in [0.25, 0.3) is 11.1 Å². The summed E-state index contributed by atoms with van der Waals surface area (Å²) in [5, 5.41) is 13.0. The molecule has 0 amide bonds. The number of aromatic nitrogens is 1. The number of hydrogen-bond donors (Lipinski definition) is 2. The topological polar surface area (TPSA) is 65.5 Å². The predicted molar refractivity (Wildman–Crippen MR) is 127 cm³/mol. The van der Waals surface area contributed by atoms with Crippen molar-refractivity contribution in [3.05, 3.63) is 82.7 Å². The molecule has 1 aromatic heterocycles. The molecule has 5 rings (SSSR count). The quantitative estimate of drug-likeness (QED) is 0.571. The first kappa shape index (κ1) is 20.7. The maximum Gasteiger partial charge on any atom is 0.336 e. The van der Waals surface area contributed by atoms with E-state index in [2.05, 4.69) is 58.5 Å². The Hall–Kier alpha value is -3.18. The van der Waals surface area contributed by atoms with Gasteiger partial charge in [-0.1, -0.05) is 18.2 Å². The molecule has 2 aliphatic heterocycles. The van der Waals surface area contributed by atoms with Crippen molar-refractivity contribution in [1.82, 2.24) is 10.3 Å². The van der Waals surface area contributed by atoms with Crippen LogP contribution < -0.4 is 10.2 Å². The lowest BCUT2D eigenvalue weighted by Gasteiger charge is -2.19. The lowest BCUT2D eigenvalue weighted by molar-refractivity contribution is 0.0695. The van der Waals surface area contributed by atoms with Crippen molar-refractivity contribution in [2.24, 2.45) is 0 Å². The molecule has 1 fully saturated rings. The molecular formula is C27H29N3O2. The highest BCUT2D eigenvalue weighted by atomic mass is 16.4. The Kier molecular flexibility index (Phi) is 5.66. The zero-order valence-corrected chi connectivity index (χ0v) is 18.5. The second-order valence-corrected chi connectivity index (χ2v) is 8.92. The van der Waals surface area contributed by atoms with E-state index in [1.165, 1.54) is 52.5 Å². The van der Waals surface area contributed by atoms with Gasteiger partial charge >= 0.3 is 5.97 Å². The summed E-state index contributed by atoms with van der Waals surface area (Å²) >= 11 is 0. The number of hydrogen-bond acceptors (Lipinski definition) is 4. The monoisotopic (exact) mass is 427 g/mol. The molecule has 2 aromatic carbocycles. The number of fused-ring (bicyclic) bond motifs is 1. The fourth-order valence-electron chi connectivity index (χ4n) is 5.15. The molecule has 1 saturated heterocycles. The Bertz CT molecular complexity index is 1150. The lowest BCUT2D eigenvalue weighted by atomic mass is 9.93. The van der Waals surface area contributed by atoms with Gasteiger partial charge in [-0.15, -0.1) is 0 Å². The van der Waals surface area contributed by atoms with Gasteiger partial charge in [-0.25, -0.2) is 4.79 Å². The van der Waals surface area contributed by atoms with Crippen molar-refractivity contribution < 1.29 is 9.90 Å². The van der Waals surface area contributed by atoms with Gasteiger partial charge in [-0.2, -0.15) is 0 Å². The van der Waals surface area contributed by atoms with Crippen LogP contribution in [0.15, 0.2) is 54.9 Å². The minimum atomic E-state index is -0.891. The number of rotatable bonds is 6. The van der Waals surface area contributed by atoms with Crippen LogP contribution in [0.4, 0.5) is 5.69 Å². The maximum absolute atomic E-state index is 11.5. The minimum absolute atomic E-state index is 0.236.